The number of alkyl halides is 6. The van der Waals surface area contributed by atoms with Crippen LogP contribution in [0.2, 0.25) is 0 Å². The molecule has 306 valence electrons. The highest BCUT2D eigenvalue weighted by molar-refractivity contribution is 6.00. The molecule has 0 unspecified atom stereocenters. The number of anilines is 5. The molecule has 7 rings (SSSR count). The van der Waals surface area contributed by atoms with E-state index in [1.165, 1.54) is 12.1 Å². The summed E-state index contributed by atoms with van der Waals surface area (Å²) in [5.41, 5.74) is -17.1. The minimum Gasteiger partial charge on any atom is -0.351 e. The first kappa shape index (κ1) is 41.0. The Kier molecular flexibility index (Phi) is 9.36. The highest BCUT2D eigenvalue weighted by Crippen LogP contribution is 2.55. The average Bonchev–Trinajstić information content (AvgIpc) is 3.37. The lowest BCUT2D eigenvalue weighted by Gasteiger charge is -2.34. The monoisotopic (exact) mass is 840 g/mol. The van der Waals surface area contributed by atoms with Crippen LogP contribution in [0.25, 0.3) is 28.3 Å². The first-order chi connectivity index (χ1) is 27.3. The average molecular weight is 841 g/mol. The summed E-state index contributed by atoms with van der Waals surface area (Å²) in [6.45, 7) is 11.2. The number of hydrogen-bond acceptors (Lipinski definition) is 2. The van der Waals surface area contributed by atoms with Gasteiger partial charge in [0.15, 0.2) is 52.4 Å². The summed E-state index contributed by atoms with van der Waals surface area (Å²) < 4.78 is 229. The van der Waals surface area contributed by atoms with Gasteiger partial charge in [0, 0.05) is 27.8 Å². The second-order valence-electron chi connectivity index (χ2n) is 14.2. The molecule has 2 aliphatic rings. The smallest absolute Gasteiger partial charge is 0.351 e. The van der Waals surface area contributed by atoms with Gasteiger partial charge in [0.1, 0.15) is 22.5 Å². The summed E-state index contributed by atoms with van der Waals surface area (Å²) in [5.74, 6) is -25.1. The normalized spacial score (nSPS) is 14.9. The summed E-state index contributed by atoms with van der Waals surface area (Å²) in [6, 6.07) is 11.7. The molecule has 0 saturated carbocycles. The van der Waals surface area contributed by atoms with E-state index in [0.29, 0.717) is 17.7 Å². The van der Waals surface area contributed by atoms with Crippen molar-refractivity contribution in [2.24, 2.45) is 0 Å². The summed E-state index contributed by atoms with van der Waals surface area (Å²) in [4.78, 5) is -0.776. The van der Waals surface area contributed by atoms with Crippen LogP contribution in [-0.4, -0.2) is 0 Å². The fraction of sp³-hybridized carbons (Fsp3) is 0.143. The zero-order chi connectivity index (χ0) is 43.6. The van der Waals surface area contributed by atoms with Gasteiger partial charge in [0.05, 0.1) is 11.4 Å². The van der Waals surface area contributed by atoms with Crippen LogP contribution in [0.5, 0.6) is 0 Å². The molecule has 59 heavy (non-hydrogen) atoms. The summed E-state index contributed by atoms with van der Waals surface area (Å²) in [6.07, 6.45) is -10.9. The number of halogens is 15. The van der Waals surface area contributed by atoms with Crippen molar-refractivity contribution in [1.29, 1.82) is 0 Å². The first-order valence-electron chi connectivity index (χ1n) is 16.9. The van der Waals surface area contributed by atoms with Crippen LogP contribution >= 0.6 is 0 Å². The van der Waals surface area contributed by atoms with E-state index in [1.54, 1.807) is 18.2 Å². The van der Waals surface area contributed by atoms with Crippen LogP contribution < -0.4 is 10.2 Å². The molecular formula is C42H23F15N2. The molecule has 0 atom stereocenters. The highest BCUT2D eigenvalue weighted by atomic mass is 19.4. The van der Waals surface area contributed by atoms with Crippen LogP contribution in [0, 0.1) is 52.4 Å². The largest absolute Gasteiger partial charge is 0.422 e. The van der Waals surface area contributed by atoms with Gasteiger partial charge in [0.2, 0.25) is 0 Å². The quantitative estimate of drug-likeness (QED) is 0.143. The molecule has 0 fully saturated rings. The van der Waals surface area contributed by atoms with Gasteiger partial charge in [-0.05, 0) is 58.5 Å². The Balaban J connectivity index is 1.58. The maximum atomic E-state index is 16.8. The van der Waals surface area contributed by atoms with Gasteiger partial charge >= 0.3 is 12.4 Å². The van der Waals surface area contributed by atoms with Gasteiger partial charge in [-0.25, -0.2) is 39.5 Å². The van der Waals surface area contributed by atoms with E-state index in [9.17, 15) is 26.3 Å². The Morgan fingerprint density at radius 1 is 0.610 bits per heavy atom. The third-order valence-corrected chi connectivity index (χ3v) is 10.2. The molecule has 1 aliphatic carbocycles. The number of rotatable bonds is 4. The van der Waals surface area contributed by atoms with Crippen molar-refractivity contribution in [2.45, 2.75) is 38.5 Å². The number of nitrogens with zero attached hydrogens (tertiary/aromatic N) is 1. The van der Waals surface area contributed by atoms with Crippen molar-refractivity contribution < 1.29 is 65.9 Å². The lowest BCUT2D eigenvalue weighted by molar-refractivity contribution is -0.143. The Morgan fingerprint density at radius 3 is 1.71 bits per heavy atom. The molecule has 1 aliphatic heterocycles. The predicted molar refractivity (Wildman–Crippen MR) is 191 cm³/mol. The van der Waals surface area contributed by atoms with Crippen LogP contribution in [0.4, 0.5) is 94.3 Å². The number of benzene rings is 5. The Bertz CT molecular complexity index is 2710. The van der Waals surface area contributed by atoms with Gasteiger partial charge < -0.3 is 5.32 Å². The number of nitrogens with one attached hydrogen (secondary N) is 1. The third kappa shape index (κ3) is 5.98. The van der Waals surface area contributed by atoms with E-state index in [1.807, 2.05) is 26.0 Å². The van der Waals surface area contributed by atoms with Gasteiger partial charge in [-0.15, -0.1) is 0 Å². The van der Waals surface area contributed by atoms with Gasteiger partial charge in [0.25, 0.3) is 0 Å². The fourth-order valence-corrected chi connectivity index (χ4v) is 7.63. The highest BCUT2D eigenvalue weighted by Gasteiger charge is 2.48. The summed E-state index contributed by atoms with van der Waals surface area (Å²) in [7, 11) is 0. The van der Waals surface area contributed by atoms with Crippen LogP contribution in [0.3, 0.4) is 0 Å². The van der Waals surface area contributed by atoms with E-state index in [2.05, 4.69) is 18.5 Å². The molecule has 0 saturated heterocycles. The second kappa shape index (κ2) is 13.5. The Labute approximate surface area is 324 Å². The molecule has 0 aromatic heterocycles. The third-order valence-electron chi connectivity index (χ3n) is 10.2. The topological polar surface area (TPSA) is 15.3 Å². The molecule has 1 heterocycles. The first-order valence-corrected chi connectivity index (χ1v) is 16.9. The molecule has 0 amide bonds. The molecular weight excluding hydrogens is 817 g/mol. The van der Waals surface area contributed by atoms with E-state index >= 15 is 39.5 Å². The Hall–Kier alpha value is -6.13. The van der Waals surface area contributed by atoms with E-state index < -0.39 is 137 Å². The van der Waals surface area contributed by atoms with Crippen LogP contribution in [0.1, 0.15) is 59.7 Å². The number of fused-ring (bicyclic) bond motifs is 5. The fourth-order valence-electron chi connectivity index (χ4n) is 7.63. The summed E-state index contributed by atoms with van der Waals surface area (Å²) in [5, 5.41) is 2.35. The standard InChI is InChI=1S/C42H23F15N2/c1-15(2)23-24-16(3)10-12-20-27(43)36(58-17-11-13-19-18-8-6-7-9-21(18)40(4,5)22(19)14-17)31(47)35(51)37(20)59(38(24)32(48)28(44)25(23)41(52,53)54)39-33(49)29(45)26(42(55,56)57)30(46)34(39)50/h6-14,58H,1,3H2,2,4-5H3/b12-10+. The second-order valence-corrected chi connectivity index (χ2v) is 14.2. The van der Waals surface area contributed by atoms with E-state index in [4.69, 9.17) is 0 Å². The zero-order valence-corrected chi connectivity index (χ0v) is 30.2. The molecule has 0 spiro atoms. The lowest BCUT2D eigenvalue weighted by atomic mass is 9.82. The molecule has 0 radical (unpaired) electrons. The molecule has 5 aromatic rings. The molecule has 1 N–H and O–H groups in total. The van der Waals surface area contributed by atoms with Gasteiger partial charge in [-0.1, -0.05) is 63.4 Å². The van der Waals surface area contributed by atoms with Crippen molar-refractivity contribution in [2.75, 3.05) is 10.2 Å². The number of hydrogen-bond donors (Lipinski definition) is 1. The van der Waals surface area contributed by atoms with Crippen molar-refractivity contribution >= 4 is 45.7 Å². The molecule has 17 heteroatoms. The predicted octanol–water partition coefficient (Wildman–Crippen LogP) is 14.6. The number of allylic oxidation sites excluding steroid dienone is 3. The van der Waals surface area contributed by atoms with Crippen LogP contribution in [0.15, 0.2) is 61.7 Å². The Morgan fingerprint density at radius 2 is 1.14 bits per heavy atom. The SMILES string of the molecule is C=C1/C=C/c2c(F)c(Nc3ccc4c(c3)C(C)(C)c3ccccc3-4)c(F)c(F)c2N(c2c(F)c(F)c(C(F)(F)F)c(F)c2F)c2c(F)c(F)c(C(F)(F)F)c(C(=C)C)c21. The van der Waals surface area contributed by atoms with E-state index in [-0.39, 0.29) is 5.69 Å². The molecule has 0 bridgehead atoms. The van der Waals surface area contributed by atoms with Crippen molar-refractivity contribution in [3.8, 4) is 11.1 Å². The van der Waals surface area contributed by atoms with Crippen molar-refractivity contribution in [3.63, 3.8) is 0 Å². The minimum atomic E-state index is -6.18. The van der Waals surface area contributed by atoms with Gasteiger partial charge in [-0.3, -0.25) is 4.90 Å². The van der Waals surface area contributed by atoms with Crippen LogP contribution in [-0.2, 0) is 17.8 Å². The molecule has 2 nitrogen and oxygen atoms in total. The summed E-state index contributed by atoms with van der Waals surface area (Å²) >= 11 is 0. The maximum Gasteiger partial charge on any atom is 0.422 e. The van der Waals surface area contributed by atoms with Gasteiger partial charge in [-0.2, -0.15) is 26.3 Å². The maximum absolute atomic E-state index is 16.8. The van der Waals surface area contributed by atoms with E-state index in [0.717, 1.165) is 23.6 Å². The minimum absolute atomic E-state index is 0.0777. The lowest BCUT2D eigenvalue weighted by Crippen LogP contribution is -2.27. The molecule has 5 aromatic carbocycles. The van der Waals surface area contributed by atoms with Crippen molar-refractivity contribution in [3.05, 3.63) is 153 Å². The zero-order valence-electron chi connectivity index (χ0n) is 30.2. The van der Waals surface area contributed by atoms with Crippen molar-refractivity contribution in [1.82, 2.24) is 0 Å².